The predicted molar refractivity (Wildman–Crippen MR) is 76.9 cm³/mol. The van der Waals surface area contributed by atoms with Crippen molar-refractivity contribution >= 4 is 12.4 Å². The fourth-order valence-corrected chi connectivity index (χ4v) is 2.90. The van der Waals surface area contributed by atoms with Crippen LogP contribution in [-0.2, 0) is 0 Å². The van der Waals surface area contributed by atoms with E-state index in [9.17, 15) is 0 Å². The Hall–Kier alpha value is 0.210. The van der Waals surface area contributed by atoms with Crippen LogP contribution < -0.4 is 5.32 Å². The molecule has 1 saturated heterocycles. The minimum absolute atomic E-state index is 0. The first-order valence-corrected chi connectivity index (χ1v) is 7.20. The summed E-state index contributed by atoms with van der Waals surface area (Å²) < 4.78 is 0. The Balaban J connectivity index is 0.00000144. The van der Waals surface area contributed by atoms with Crippen molar-refractivity contribution < 1.29 is 0 Å². The molecular formula is C14H29ClN2. The third kappa shape index (κ3) is 4.76. The summed E-state index contributed by atoms with van der Waals surface area (Å²) >= 11 is 0. The van der Waals surface area contributed by atoms with Crippen molar-refractivity contribution in [1.29, 1.82) is 0 Å². The summed E-state index contributed by atoms with van der Waals surface area (Å²) in [6.07, 6.45) is 7.20. The molecule has 1 heterocycles. The van der Waals surface area contributed by atoms with Gasteiger partial charge in [0.2, 0.25) is 0 Å². The average molecular weight is 261 g/mol. The van der Waals surface area contributed by atoms with Gasteiger partial charge in [0.15, 0.2) is 0 Å². The third-order valence-electron chi connectivity index (χ3n) is 4.40. The van der Waals surface area contributed by atoms with Gasteiger partial charge >= 0.3 is 0 Å². The van der Waals surface area contributed by atoms with Crippen LogP contribution in [0, 0.1) is 11.8 Å². The topological polar surface area (TPSA) is 15.3 Å². The van der Waals surface area contributed by atoms with Crippen molar-refractivity contribution in [3.05, 3.63) is 0 Å². The van der Waals surface area contributed by atoms with Crippen LogP contribution >= 0.6 is 12.4 Å². The van der Waals surface area contributed by atoms with Crippen LogP contribution in [0.4, 0.5) is 0 Å². The normalized spacial score (nSPS) is 22.6. The molecule has 0 radical (unpaired) electrons. The number of piperidine rings is 1. The van der Waals surface area contributed by atoms with Crippen LogP contribution in [0.3, 0.4) is 0 Å². The van der Waals surface area contributed by atoms with Crippen LogP contribution in [0.15, 0.2) is 0 Å². The summed E-state index contributed by atoms with van der Waals surface area (Å²) in [5, 5.41) is 3.46. The van der Waals surface area contributed by atoms with Gasteiger partial charge < -0.3 is 10.2 Å². The Kier molecular flexibility index (Phi) is 6.83. The predicted octanol–water partition coefficient (Wildman–Crippen LogP) is 2.92. The quantitative estimate of drug-likeness (QED) is 0.818. The van der Waals surface area contributed by atoms with E-state index in [1.54, 1.807) is 0 Å². The van der Waals surface area contributed by atoms with Crippen molar-refractivity contribution in [2.45, 2.75) is 52.0 Å². The molecule has 1 aliphatic heterocycles. The van der Waals surface area contributed by atoms with E-state index in [0.29, 0.717) is 0 Å². The molecule has 17 heavy (non-hydrogen) atoms. The van der Waals surface area contributed by atoms with Gasteiger partial charge in [0, 0.05) is 19.1 Å². The number of hydrogen-bond donors (Lipinski definition) is 1. The minimum Gasteiger partial charge on any atom is -0.317 e. The molecule has 2 nitrogen and oxygen atoms in total. The number of nitrogens with one attached hydrogen (secondary N) is 1. The van der Waals surface area contributed by atoms with Gasteiger partial charge in [-0.05, 0) is 64.5 Å². The molecule has 2 aliphatic rings. The summed E-state index contributed by atoms with van der Waals surface area (Å²) in [4.78, 5) is 2.74. The Morgan fingerprint density at radius 1 is 1.00 bits per heavy atom. The zero-order valence-corrected chi connectivity index (χ0v) is 12.3. The van der Waals surface area contributed by atoms with Gasteiger partial charge in [-0.3, -0.25) is 0 Å². The molecule has 3 heteroatoms. The fraction of sp³-hybridized carbons (Fsp3) is 1.00. The summed E-state index contributed by atoms with van der Waals surface area (Å²) in [5.74, 6) is 1.97. The largest absolute Gasteiger partial charge is 0.317 e. The van der Waals surface area contributed by atoms with Crippen LogP contribution in [0.25, 0.3) is 0 Å². The van der Waals surface area contributed by atoms with E-state index < -0.39 is 0 Å². The lowest BCUT2D eigenvalue weighted by Crippen LogP contribution is -2.42. The summed E-state index contributed by atoms with van der Waals surface area (Å²) in [7, 11) is 0. The molecule has 2 rings (SSSR count). The molecule has 2 fully saturated rings. The van der Waals surface area contributed by atoms with E-state index in [2.05, 4.69) is 24.1 Å². The highest BCUT2D eigenvalue weighted by molar-refractivity contribution is 5.85. The monoisotopic (exact) mass is 260 g/mol. The van der Waals surface area contributed by atoms with Crippen LogP contribution in [0.5, 0.6) is 0 Å². The second-order valence-electron chi connectivity index (χ2n) is 6.04. The highest BCUT2D eigenvalue weighted by atomic mass is 35.5. The van der Waals surface area contributed by atoms with E-state index in [4.69, 9.17) is 0 Å². The molecule has 0 aromatic rings. The van der Waals surface area contributed by atoms with Crippen molar-refractivity contribution in [2.75, 3.05) is 26.2 Å². The Bertz CT molecular complexity index is 198. The first-order chi connectivity index (χ1) is 7.75. The summed E-state index contributed by atoms with van der Waals surface area (Å²) in [5.41, 5.74) is 0. The maximum Gasteiger partial charge on any atom is 0.00388 e. The minimum atomic E-state index is 0. The lowest BCUT2D eigenvalue weighted by Gasteiger charge is -2.37. The zero-order chi connectivity index (χ0) is 11.4. The molecular weight excluding hydrogens is 232 g/mol. The summed E-state index contributed by atoms with van der Waals surface area (Å²) in [6, 6.07) is 0.732. The smallest absolute Gasteiger partial charge is 0.00388 e. The van der Waals surface area contributed by atoms with Gasteiger partial charge in [-0.25, -0.2) is 0 Å². The maximum absolute atomic E-state index is 3.46. The molecule has 0 amide bonds. The van der Waals surface area contributed by atoms with Crippen LogP contribution in [0.2, 0.25) is 0 Å². The highest BCUT2D eigenvalue weighted by Crippen LogP contribution is 2.28. The zero-order valence-electron chi connectivity index (χ0n) is 11.5. The number of nitrogens with zero attached hydrogens (tertiary/aromatic N) is 1. The first kappa shape index (κ1) is 15.3. The molecule has 102 valence electrons. The van der Waals surface area contributed by atoms with Crippen molar-refractivity contribution in [3.8, 4) is 0 Å². The van der Waals surface area contributed by atoms with Crippen LogP contribution in [0.1, 0.15) is 46.0 Å². The molecule has 1 saturated carbocycles. The van der Waals surface area contributed by atoms with Gasteiger partial charge in [0.05, 0.1) is 0 Å². The van der Waals surface area contributed by atoms with Gasteiger partial charge in [0.25, 0.3) is 0 Å². The molecule has 0 unspecified atom stereocenters. The average Bonchev–Trinajstić information content (AvgIpc) is 2.22. The van der Waals surface area contributed by atoms with Crippen molar-refractivity contribution in [3.63, 3.8) is 0 Å². The molecule has 1 aliphatic carbocycles. The second-order valence-corrected chi connectivity index (χ2v) is 6.04. The van der Waals surface area contributed by atoms with E-state index in [0.717, 1.165) is 17.9 Å². The highest BCUT2D eigenvalue weighted by Gasteiger charge is 2.24. The Labute approximate surface area is 113 Å². The van der Waals surface area contributed by atoms with E-state index in [1.165, 1.54) is 58.3 Å². The fourth-order valence-electron chi connectivity index (χ4n) is 2.90. The molecule has 0 atom stereocenters. The van der Waals surface area contributed by atoms with E-state index in [-0.39, 0.29) is 12.4 Å². The van der Waals surface area contributed by atoms with Gasteiger partial charge in [-0.1, -0.05) is 6.42 Å². The Morgan fingerprint density at radius 2 is 1.53 bits per heavy atom. The van der Waals surface area contributed by atoms with Gasteiger partial charge in [-0.15, -0.1) is 12.4 Å². The van der Waals surface area contributed by atoms with Crippen LogP contribution in [-0.4, -0.2) is 37.1 Å². The molecule has 0 aromatic heterocycles. The molecule has 1 N–H and O–H groups in total. The second kappa shape index (κ2) is 7.60. The van der Waals surface area contributed by atoms with Gasteiger partial charge in [0.1, 0.15) is 0 Å². The molecule has 0 aromatic carbocycles. The molecule has 0 spiro atoms. The Morgan fingerprint density at radius 3 is 1.94 bits per heavy atom. The maximum atomic E-state index is 3.46. The van der Waals surface area contributed by atoms with Crippen molar-refractivity contribution in [1.82, 2.24) is 10.2 Å². The number of halogens is 1. The third-order valence-corrected chi connectivity index (χ3v) is 4.40. The lowest BCUT2D eigenvalue weighted by atomic mass is 9.84. The summed E-state index contributed by atoms with van der Waals surface area (Å²) in [6.45, 7) is 9.90. The lowest BCUT2D eigenvalue weighted by molar-refractivity contribution is 0.118. The van der Waals surface area contributed by atoms with Gasteiger partial charge in [-0.2, -0.15) is 0 Å². The first-order valence-electron chi connectivity index (χ1n) is 7.20. The number of rotatable bonds is 5. The number of hydrogen-bond acceptors (Lipinski definition) is 2. The van der Waals surface area contributed by atoms with Crippen molar-refractivity contribution in [2.24, 2.45) is 11.8 Å². The SMILES string of the molecule is CC(C)N(CC1CCC1)CC1CCNCC1.Cl. The molecule has 0 bridgehead atoms. The standard InChI is InChI=1S/C14H28N2.ClH/c1-12(2)16(10-13-4-3-5-13)11-14-6-8-15-9-7-14;/h12-15H,3-11H2,1-2H3;1H. The van der Waals surface area contributed by atoms with E-state index in [1.807, 2.05) is 0 Å². The van der Waals surface area contributed by atoms with E-state index >= 15 is 0 Å².